The van der Waals surface area contributed by atoms with Crippen LogP contribution in [-0.2, 0) is 46.5 Å². The highest BCUT2D eigenvalue weighted by atomic mass is 35.5. The van der Waals surface area contributed by atoms with Gasteiger partial charge in [-0.05, 0) is 24.0 Å². The molecule has 11 nitrogen and oxygen atoms in total. The third-order valence-electron chi connectivity index (χ3n) is 9.60. The standard InChI is InChI=1S/C19H25F2NO5.C19H27F2NO4.CH2Cl2/c1-4-14-11(2)16(26-10-13-8-6-5-7-9-13)15(22-12(3)23)17(27-14)19(20,21)18(24)25;1-4-15-12(2)17(25-10-14-8-6-5-7-9-14)16(22-13(3)24)18(26-15)19(20,21)11-23;2-1-3/h5-9,11,14-17H,4,10H2,1-3H3,(H,22,23)(H,24,25);5-9,12,15-18,23H,4,10-11H2,1-3H3,(H,22,24);1H2/t11-,14+,15+,16-,17-;12-,15+,16+,17-,18-;/m00./s1. The summed E-state index contributed by atoms with van der Waals surface area (Å²) >= 11 is 9.53. The number of hydrogen-bond acceptors (Lipinski definition) is 8. The minimum Gasteiger partial charge on any atom is -0.477 e. The largest absolute Gasteiger partial charge is 0.477 e. The Morgan fingerprint density at radius 3 is 1.41 bits per heavy atom. The van der Waals surface area contributed by atoms with E-state index in [1.807, 2.05) is 74.5 Å². The zero-order valence-electron chi connectivity index (χ0n) is 32.3. The van der Waals surface area contributed by atoms with E-state index in [2.05, 4.69) is 10.6 Å². The molecule has 0 bridgehead atoms. The van der Waals surface area contributed by atoms with E-state index in [-0.39, 0.29) is 30.4 Å². The summed E-state index contributed by atoms with van der Waals surface area (Å²) in [7, 11) is 0. The number of carboxylic acids is 1. The zero-order valence-corrected chi connectivity index (χ0v) is 33.8. The number of hydrogen-bond donors (Lipinski definition) is 4. The molecule has 2 saturated heterocycles. The maximum Gasteiger partial charge on any atom is 0.377 e. The van der Waals surface area contributed by atoms with Gasteiger partial charge in [0.1, 0.15) is 12.7 Å². The Hall–Kier alpha value is -3.05. The molecular formula is C39H54Cl2F4N2O9. The van der Waals surface area contributed by atoms with Crippen LogP contribution >= 0.6 is 23.2 Å². The third kappa shape index (κ3) is 13.8. The molecule has 0 aromatic heterocycles. The lowest BCUT2D eigenvalue weighted by Crippen LogP contribution is -2.67. The van der Waals surface area contributed by atoms with Crippen molar-refractivity contribution >= 4 is 41.0 Å². The predicted octanol–water partition coefficient (Wildman–Crippen LogP) is 6.55. The number of nitrogens with one attached hydrogen (secondary N) is 2. The number of amides is 2. The van der Waals surface area contributed by atoms with Crippen molar-refractivity contribution in [3.8, 4) is 0 Å². The van der Waals surface area contributed by atoms with Gasteiger partial charge in [0.2, 0.25) is 11.8 Å². The van der Waals surface area contributed by atoms with Crippen LogP contribution in [0.15, 0.2) is 60.7 Å². The molecule has 4 N–H and O–H groups in total. The Balaban J connectivity index is 0.000000362. The number of carboxylic acid groups (broad SMARTS) is 1. The van der Waals surface area contributed by atoms with Gasteiger partial charge < -0.3 is 39.8 Å². The highest BCUT2D eigenvalue weighted by molar-refractivity contribution is 6.40. The van der Waals surface area contributed by atoms with Crippen molar-refractivity contribution in [2.75, 3.05) is 11.9 Å². The molecule has 0 radical (unpaired) electrons. The first-order valence-electron chi connectivity index (χ1n) is 18.3. The minimum atomic E-state index is -4.17. The SMILES string of the molecule is CC[C@H]1O[C@H](C(F)(F)C(=O)O)[C@H](NC(C)=O)[C@@H](OCc2ccccc2)[C@H]1C.CC[C@H]1O[C@H](C(F)(F)CO)[C@H](NC(C)=O)[C@@H](OCc2ccccc2)[C@H]1C.ClCCl. The van der Waals surface area contributed by atoms with Crippen molar-refractivity contribution < 1.29 is 61.1 Å². The fourth-order valence-electron chi connectivity index (χ4n) is 6.87. The quantitative estimate of drug-likeness (QED) is 0.123. The smallest absolute Gasteiger partial charge is 0.377 e. The predicted molar refractivity (Wildman–Crippen MR) is 203 cm³/mol. The lowest BCUT2D eigenvalue weighted by molar-refractivity contribution is -0.246. The minimum absolute atomic E-state index is 0.147. The molecular weight excluding hydrogens is 787 g/mol. The fourth-order valence-corrected chi connectivity index (χ4v) is 6.87. The summed E-state index contributed by atoms with van der Waals surface area (Å²) < 4.78 is 80.3. The summed E-state index contributed by atoms with van der Waals surface area (Å²) in [6.07, 6.45) is -5.32. The number of benzene rings is 2. The highest BCUT2D eigenvalue weighted by Crippen LogP contribution is 2.39. The molecule has 2 aromatic carbocycles. The molecule has 2 aromatic rings. The van der Waals surface area contributed by atoms with Crippen LogP contribution in [-0.4, -0.2) is 100 Å². The first-order valence-corrected chi connectivity index (χ1v) is 19.3. The maximum atomic E-state index is 14.4. The summed E-state index contributed by atoms with van der Waals surface area (Å²) in [5, 5.41) is 23.3. The summed E-state index contributed by atoms with van der Waals surface area (Å²) in [5.41, 5.74) is 1.75. The van der Waals surface area contributed by atoms with E-state index < -0.39 is 84.9 Å². The Bertz CT molecular complexity index is 1490. The van der Waals surface area contributed by atoms with Crippen LogP contribution in [0.1, 0.15) is 65.5 Å². The van der Waals surface area contributed by atoms with E-state index in [4.69, 9.17) is 52.4 Å². The lowest BCUT2D eigenvalue weighted by Gasteiger charge is -2.47. The van der Waals surface area contributed by atoms with Crippen LogP contribution in [0.4, 0.5) is 17.6 Å². The van der Waals surface area contributed by atoms with Gasteiger partial charge in [0.05, 0.1) is 55.1 Å². The van der Waals surface area contributed by atoms with Crippen molar-refractivity contribution in [1.29, 1.82) is 0 Å². The molecule has 2 amide bonds. The number of rotatable bonds is 14. The number of alkyl halides is 6. The molecule has 10 atom stereocenters. The molecule has 0 spiro atoms. The molecule has 0 aliphatic carbocycles. The van der Waals surface area contributed by atoms with Crippen molar-refractivity contribution in [1.82, 2.24) is 10.6 Å². The highest BCUT2D eigenvalue weighted by Gasteiger charge is 2.59. The average molecular weight is 842 g/mol. The van der Waals surface area contributed by atoms with E-state index >= 15 is 0 Å². The van der Waals surface area contributed by atoms with Crippen LogP contribution in [0.3, 0.4) is 0 Å². The second-order valence-corrected chi connectivity index (χ2v) is 14.5. The van der Waals surface area contributed by atoms with Crippen molar-refractivity contribution in [2.45, 2.75) is 128 Å². The Labute approximate surface area is 335 Å². The third-order valence-corrected chi connectivity index (χ3v) is 9.60. The second kappa shape index (κ2) is 23.4. The topological polar surface area (TPSA) is 153 Å². The van der Waals surface area contributed by atoms with Crippen LogP contribution in [0.25, 0.3) is 0 Å². The molecule has 2 aliphatic heterocycles. The first-order chi connectivity index (χ1) is 26.4. The van der Waals surface area contributed by atoms with E-state index in [0.717, 1.165) is 11.1 Å². The molecule has 0 saturated carbocycles. The zero-order chi connectivity index (χ0) is 42.2. The van der Waals surface area contributed by atoms with Gasteiger partial charge >= 0.3 is 11.9 Å². The van der Waals surface area contributed by atoms with Gasteiger partial charge in [0.15, 0.2) is 6.10 Å². The van der Waals surface area contributed by atoms with E-state index in [1.165, 1.54) is 13.8 Å². The Morgan fingerprint density at radius 2 is 1.09 bits per heavy atom. The van der Waals surface area contributed by atoms with Gasteiger partial charge in [-0.1, -0.05) is 88.4 Å². The van der Waals surface area contributed by atoms with Gasteiger partial charge in [0.25, 0.3) is 5.92 Å². The van der Waals surface area contributed by atoms with Gasteiger partial charge in [-0.3, -0.25) is 9.59 Å². The van der Waals surface area contributed by atoms with Crippen molar-refractivity contribution in [2.24, 2.45) is 11.8 Å². The molecule has 4 rings (SSSR count). The fraction of sp³-hybridized carbons (Fsp3) is 0.615. The van der Waals surface area contributed by atoms with Crippen LogP contribution < -0.4 is 10.6 Å². The molecule has 2 fully saturated rings. The number of aliphatic hydroxyl groups excluding tert-OH is 1. The summed E-state index contributed by atoms with van der Waals surface area (Å²) in [5.74, 6) is -11.5. The normalized spacial score (nSPS) is 27.7. The molecule has 17 heteroatoms. The van der Waals surface area contributed by atoms with Gasteiger partial charge in [-0.2, -0.15) is 8.78 Å². The second-order valence-electron chi connectivity index (χ2n) is 13.6. The van der Waals surface area contributed by atoms with Gasteiger partial charge in [-0.15, -0.1) is 23.2 Å². The number of aliphatic carboxylic acids is 1. The summed E-state index contributed by atoms with van der Waals surface area (Å²) in [6.45, 7) is 8.74. The number of carbonyl (C=O) groups is 3. The van der Waals surface area contributed by atoms with Crippen LogP contribution in [0, 0.1) is 11.8 Å². The molecule has 2 aliphatic rings. The molecule has 316 valence electrons. The Morgan fingerprint density at radius 1 is 0.732 bits per heavy atom. The lowest BCUT2D eigenvalue weighted by atomic mass is 9.83. The Kier molecular flexibility index (Phi) is 20.5. The van der Waals surface area contributed by atoms with Crippen molar-refractivity contribution in [3.05, 3.63) is 71.8 Å². The van der Waals surface area contributed by atoms with E-state index in [9.17, 15) is 31.9 Å². The monoisotopic (exact) mass is 840 g/mol. The van der Waals surface area contributed by atoms with Crippen LogP contribution in [0.2, 0.25) is 0 Å². The molecule has 0 unspecified atom stereocenters. The number of aliphatic hydroxyl groups is 1. The van der Waals surface area contributed by atoms with Gasteiger partial charge in [0, 0.05) is 25.7 Å². The molecule has 2 heterocycles. The number of carbonyl (C=O) groups excluding carboxylic acids is 2. The maximum absolute atomic E-state index is 14.4. The number of halogens is 6. The van der Waals surface area contributed by atoms with Crippen LogP contribution in [0.5, 0.6) is 0 Å². The van der Waals surface area contributed by atoms with E-state index in [0.29, 0.717) is 12.8 Å². The molecule has 56 heavy (non-hydrogen) atoms. The number of ether oxygens (including phenoxy) is 4. The average Bonchev–Trinajstić information content (AvgIpc) is 3.15. The summed E-state index contributed by atoms with van der Waals surface area (Å²) in [4.78, 5) is 34.4. The van der Waals surface area contributed by atoms with Crippen molar-refractivity contribution in [3.63, 3.8) is 0 Å². The summed E-state index contributed by atoms with van der Waals surface area (Å²) in [6, 6.07) is 16.2. The van der Waals surface area contributed by atoms with E-state index in [1.54, 1.807) is 13.8 Å². The van der Waals surface area contributed by atoms with Gasteiger partial charge in [-0.25, -0.2) is 13.6 Å². The first kappa shape index (κ1) is 49.1.